The van der Waals surface area contributed by atoms with Gasteiger partial charge in [0.25, 0.3) is 0 Å². The summed E-state index contributed by atoms with van der Waals surface area (Å²) in [5.41, 5.74) is 8.27. The zero-order chi connectivity index (χ0) is 11.8. The first-order chi connectivity index (χ1) is 8.24. The van der Waals surface area contributed by atoms with E-state index in [0.717, 1.165) is 6.42 Å². The van der Waals surface area contributed by atoms with Crippen LogP contribution in [0.2, 0.25) is 0 Å². The standard InChI is InChI=1S/C17H16.Zr/c1-12-9-13(2)11-15(10-12)17-8-7-14-5-3-4-6-16(14)17;/h3-6,8-11H,7H2,1-2H3;. The maximum absolute atomic E-state index is 2.35. The molecule has 2 aromatic carbocycles. The molecule has 18 heavy (non-hydrogen) atoms. The van der Waals surface area contributed by atoms with Crippen LogP contribution >= 0.6 is 0 Å². The summed E-state index contributed by atoms with van der Waals surface area (Å²) in [4.78, 5) is 0. The van der Waals surface area contributed by atoms with Crippen LogP contribution in [0, 0.1) is 13.8 Å². The van der Waals surface area contributed by atoms with E-state index in [1.165, 1.54) is 33.4 Å². The van der Waals surface area contributed by atoms with E-state index >= 15 is 0 Å². The van der Waals surface area contributed by atoms with Gasteiger partial charge >= 0.3 is 0 Å². The first-order valence-electron chi connectivity index (χ1n) is 6.11. The minimum absolute atomic E-state index is 0. The molecule has 0 heterocycles. The largest absolute Gasteiger partial charge is 0.0716 e. The van der Waals surface area contributed by atoms with Crippen molar-refractivity contribution in [3.63, 3.8) is 0 Å². The molecule has 1 heteroatoms. The van der Waals surface area contributed by atoms with Crippen molar-refractivity contribution < 1.29 is 26.2 Å². The van der Waals surface area contributed by atoms with Crippen molar-refractivity contribution in [2.75, 3.05) is 0 Å². The first kappa shape index (κ1) is 13.5. The number of rotatable bonds is 1. The Kier molecular flexibility index (Phi) is 4.02. The van der Waals surface area contributed by atoms with E-state index in [1.807, 2.05) is 0 Å². The van der Waals surface area contributed by atoms with E-state index in [1.54, 1.807) is 0 Å². The first-order valence-corrected chi connectivity index (χ1v) is 6.11. The van der Waals surface area contributed by atoms with Gasteiger partial charge in [-0.1, -0.05) is 59.7 Å². The third-order valence-corrected chi connectivity index (χ3v) is 3.37. The normalized spacial score (nSPS) is 12.7. The Hall–Kier alpha value is -0.937. The van der Waals surface area contributed by atoms with E-state index in [4.69, 9.17) is 0 Å². The molecule has 1 aliphatic rings. The molecule has 0 fully saturated rings. The molecule has 0 saturated heterocycles. The van der Waals surface area contributed by atoms with Gasteiger partial charge in [0, 0.05) is 26.2 Å². The van der Waals surface area contributed by atoms with Gasteiger partial charge in [0.1, 0.15) is 0 Å². The molecule has 0 nitrogen and oxygen atoms in total. The summed E-state index contributed by atoms with van der Waals surface area (Å²) in [6.45, 7) is 4.33. The molecule has 0 radical (unpaired) electrons. The van der Waals surface area contributed by atoms with Crippen LogP contribution in [0.5, 0.6) is 0 Å². The molecule has 0 spiro atoms. The zero-order valence-electron chi connectivity index (χ0n) is 10.8. The van der Waals surface area contributed by atoms with Gasteiger partial charge < -0.3 is 0 Å². The van der Waals surface area contributed by atoms with Crippen molar-refractivity contribution in [2.45, 2.75) is 20.3 Å². The summed E-state index contributed by atoms with van der Waals surface area (Å²) in [6.07, 6.45) is 3.41. The zero-order valence-corrected chi connectivity index (χ0v) is 13.3. The average molecular weight is 312 g/mol. The van der Waals surface area contributed by atoms with Crippen LogP contribution in [0.4, 0.5) is 0 Å². The quantitative estimate of drug-likeness (QED) is 0.737. The fourth-order valence-corrected chi connectivity index (χ4v) is 2.69. The number of benzene rings is 2. The fourth-order valence-electron chi connectivity index (χ4n) is 2.69. The molecule has 0 saturated carbocycles. The monoisotopic (exact) mass is 310 g/mol. The number of allylic oxidation sites excluding steroid dienone is 1. The molecule has 3 rings (SSSR count). The summed E-state index contributed by atoms with van der Waals surface area (Å²) >= 11 is 0. The molecule has 1 aliphatic carbocycles. The van der Waals surface area contributed by atoms with Gasteiger partial charge in [-0.3, -0.25) is 0 Å². The van der Waals surface area contributed by atoms with Crippen molar-refractivity contribution in [2.24, 2.45) is 0 Å². The van der Waals surface area contributed by atoms with Crippen molar-refractivity contribution in [3.8, 4) is 0 Å². The predicted octanol–water partition coefficient (Wildman–Crippen LogP) is 4.29. The van der Waals surface area contributed by atoms with Crippen LogP contribution in [0.3, 0.4) is 0 Å². The smallest absolute Gasteiger partial charge is 0 e. The van der Waals surface area contributed by atoms with E-state index < -0.39 is 0 Å². The van der Waals surface area contributed by atoms with Gasteiger partial charge in [0.2, 0.25) is 0 Å². The third kappa shape index (κ3) is 2.42. The molecule has 0 unspecified atom stereocenters. The minimum Gasteiger partial charge on any atom is -0.0716 e. The Balaban J connectivity index is 0.00000120. The van der Waals surface area contributed by atoms with E-state index in [-0.39, 0.29) is 26.2 Å². The molecule has 0 amide bonds. The van der Waals surface area contributed by atoms with Crippen LogP contribution in [-0.2, 0) is 32.6 Å². The Labute approximate surface area is 128 Å². The minimum atomic E-state index is 0. The van der Waals surface area contributed by atoms with Gasteiger partial charge in [-0.05, 0) is 42.5 Å². The summed E-state index contributed by atoms with van der Waals surface area (Å²) in [5.74, 6) is 0. The summed E-state index contributed by atoms with van der Waals surface area (Å²) in [7, 11) is 0. The van der Waals surface area contributed by atoms with Crippen molar-refractivity contribution in [1.82, 2.24) is 0 Å². The van der Waals surface area contributed by atoms with Crippen LogP contribution in [0.1, 0.15) is 27.8 Å². The Morgan fingerprint density at radius 3 is 2.28 bits per heavy atom. The molecule has 0 bridgehead atoms. The molecule has 0 aliphatic heterocycles. The number of hydrogen-bond donors (Lipinski definition) is 0. The summed E-state index contributed by atoms with van der Waals surface area (Å²) < 4.78 is 0. The molecule has 2 aromatic rings. The number of hydrogen-bond acceptors (Lipinski definition) is 0. The topological polar surface area (TPSA) is 0 Å². The van der Waals surface area contributed by atoms with Gasteiger partial charge in [-0.15, -0.1) is 0 Å². The van der Waals surface area contributed by atoms with Gasteiger partial charge in [-0.2, -0.15) is 0 Å². The van der Waals surface area contributed by atoms with Crippen LogP contribution in [-0.4, -0.2) is 0 Å². The van der Waals surface area contributed by atoms with Crippen molar-refractivity contribution in [3.05, 3.63) is 76.4 Å². The fraction of sp³-hybridized carbons (Fsp3) is 0.176. The molecule has 88 valence electrons. The second kappa shape index (κ2) is 5.37. The van der Waals surface area contributed by atoms with Crippen molar-refractivity contribution in [1.29, 1.82) is 0 Å². The van der Waals surface area contributed by atoms with E-state index in [9.17, 15) is 0 Å². The maximum atomic E-state index is 2.35. The molecule has 0 N–H and O–H groups in total. The Bertz CT molecular complexity index is 589. The molecular formula is C17H16Zr. The van der Waals surface area contributed by atoms with Crippen LogP contribution in [0.25, 0.3) is 5.57 Å². The van der Waals surface area contributed by atoms with Gasteiger partial charge in [0.15, 0.2) is 0 Å². The molecule has 0 atom stereocenters. The second-order valence-corrected chi connectivity index (χ2v) is 4.86. The SMILES string of the molecule is Cc1cc(C)cc(C2=CCc3ccccc32)c1.[Zr]. The Morgan fingerprint density at radius 2 is 1.56 bits per heavy atom. The molecular weight excluding hydrogens is 295 g/mol. The summed E-state index contributed by atoms with van der Waals surface area (Å²) in [5, 5.41) is 0. The van der Waals surface area contributed by atoms with Gasteiger partial charge in [0.05, 0.1) is 0 Å². The second-order valence-electron chi connectivity index (χ2n) is 4.86. The Morgan fingerprint density at radius 1 is 0.889 bits per heavy atom. The summed E-state index contributed by atoms with van der Waals surface area (Å²) in [6, 6.07) is 15.5. The van der Waals surface area contributed by atoms with E-state index in [2.05, 4.69) is 62.4 Å². The maximum Gasteiger partial charge on any atom is 0 e. The van der Waals surface area contributed by atoms with Crippen LogP contribution < -0.4 is 0 Å². The van der Waals surface area contributed by atoms with Crippen molar-refractivity contribution >= 4 is 5.57 Å². The molecule has 0 aromatic heterocycles. The van der Waals surface area contributed by atoms with Gasteiger partial charge in [-0.25, -0.2) is 0 Å². The van der Waals surface area contributed by atoms with E-state index in [0.29, 0.717) is 0 Å². The predicted molar refractivity (Wildman–Crippen MR) is 73.1 cm³/mol. The number of aryl methyl sites for hydroxylation is 2. The number of fused-ring (bicyclic) bond motifs is 1. The van der Waals surface area contributed by atoms with Crippen LogP contribution in [0.15, 0.2) is 48.5 Å². The third-order valence-electron chi connectivity index (χ3n) is 3.37. The average Bonchev–Trinajstić information content (AvgIpc) is 2.71.